The van der Waals surface area contributed by atoms with E-state index in [9.17, 15) is 4.79 Å². The maximum absolute atomic E-state index is 10.8. The Morgan fingerprint density at radius 2 is 2.28 bits per heavy atom. The van der Waals surface area contributed by atoms with E-state index in [1.807, 2.05) is 0 Å². The fourth-order valence-corrected chi connectivity index (χ4v) is 1.58. The molecule has 0 aliphatic heterocycles. The zero-order chi connectivity index (χ0) is 13.0. The van der Waals surface area contributed by atoms with Crippen LogP contribution in [0.4, 0.5) is 0 Å². The Kier molecular flexibility index (Phi) is 3.62. The van der Waals surface area contributed by atoms with E-state index in [0.717, 1.165) is 13.0 Å². The molecule has 1 aromatic carbocycles. The minimum Gasteiger partial charge on any atom is -0.478 e. The summed E-state index contributed by atoms with van der Waals surface area (Å²) in [5.74, 6) is 0.124. The molecule has 0 radical (unpaired) electrons. The molecule has 5 heteroatoms. The maximum Gasteiger partial charge on any atom is 0.335 e. The van der Waals surface area contributed by atoms with E-state index < -0.39 is 5.97 Å². The van der Waals surface area contributed by atoms with Gasteiger partial charge in [0.15, 0.2) is 5.75 Å². The molecule has 94 valence electrons. The van der Waals surface area contributed by atoms with Crippen molar-refractivity contribution in [1.82, 2.24) is 9.78 Å². The molecule has 0 saturated heterocycles. The third kappa shape index (κ3) is 2.88. The first-order chi connectivity index (χ1) is 8.69. The van der Waals surface area contributed by atoms with Gasteiger partial charge in [-0.25, -0.2) is 4.79 Å². The minimum absolute atomic E-state index is 0.202. The molecule has 0 aliphatic carbocycles. The third-order valence-electron chi connectivity index (χ3n) is 2.38. The van der Waals surface area contributed by atoms with Crippen molar-refractivity contribution in [3.63, 3.8) is 0 Å². The molecule has 0 fully saturated rings. The zero-order valence-electron chi connectivity index (χ0n) is 10.0. The van der Waals surface area contributed by atoms with Crippen LogP contribution in [0.5, 0.6) is 11.5 Å². The van der Waals surface area contributed by atoms with Gasteiger partial charge in [-0.3, -0.25) is 4.68 Å². The average molecular weight is 246 g/mol. The number of ether oxygens (including phenoxy) is 1. The Morgan fingerprint density at radius 1 is 1.44 bits per heavy atom. The summed E-state index contributed by atoms with van der Waals surface area (Å²) in [4.78, 5) is 10.8. The van der Waals surface area contributed by atoms with Crippen LogP contribution < -0.4 is 4.74 Å². The summed E-state index contributed by atoms with van der Waals surface area (Å²) in [5, 5.41) is 13.0. The monoisotopic (exact) mass is 246 g/mol. The molecule has 18 heavy (non-hydrogen) atoms. The van der Waals surface area contributed by atoms with Crippen molar-refractivity contribution < 1.29 is 14.6 Å². The molecule has 0 saturated carbocycles. The fraction of sp³-hybridized carbons (Fsp3) is 0.231. The molecule has 0 atom stereocenters. The number of carboxylic acid groups (broad SMARTS) is 1. The Balaban J connectivity index is 2.12. The largest absolute Gasteiger partial charge is 0.478 e. The van der Waals surface area contributed by atoms with Crippen molar-refractivity contribution in [3.8, 4) is 11.5 Å². The summed E-state index contributed by atoms with van der Waals surface area (Å²) >= 11 is 0. The summed E-state index contributed by atoms with van der Waals surface area (Å²) in [6.45, 7) is 2.90. The number of carboxylic acids is 1. The van der Waals surface area contributed by atoms with Crippen LogP contribution in [0, 0.1) is 0 Å². The Morgan fingerprint density at radius 3 is 3.00 bits per heavy atom. The van der Waals surface area contributed by atoms with Crippen LogP contribution in [0.1, 0.15) is 23.7 Å². The Bertz CT molecular complexity index is 549. The Labute approximate surface area is 105 Å². The van der Waals surface area contributed by atoms with Gasteiger partial charge < -0.3 is 9.84 Å². The second-order valence-electron chi connectivity index (χ2n) is 3.87. The molecular formula is C13H14N2O3. The number of benzene rings is 1. The number of hydrogen-bond donors (Lipinski definition) is 1. The number of aromatic nitrogens is 2. The van der Waals surface area contributed by atoms with E-state index in [4.69, 9.17) is 9.84 Å². The van der Waals surface area contributed by atoms with E-state index in [-0.39, 0.29) is 5.56 Å². The second kappa shape index (κ2) is 5.35. The molecule has 1 N–H and O–H groups in total. The van der Waals surface area contributed by atoms with Gasteiger partial charge in [0, 0.05) is 6.54 Å². The van der Waals surface area contributed by atoms with Crippen LogP contribution in [0.15, 0.2) is 36.7 Å². The SMILES string of the molecule is CCCn1cc(Oc2cccc(C(=O)O)c2)cn1. The van der Waals surface area contributed by atoms with Gasteiger partial charge in [-0.1, -0.05) is 13.0 Å². The van der Waals surface area contributed by atoms with Crippen molar-refractivity contribution in [3.05, 3.63) is 42.2 Å². The highest BCUT2D eigenvalue weighted by Crippen LogP contribution is 2.21. The van der Waals surface area contributed by atoms with Crippen molar-refractivity contribution >= 4 is 5.97 Å². The number of aryl methyl sites for hydroxylation is 1. The van der Waals surface area contributed by atoms with E-state index in [1.165, 1.54) is 12.1 Å². The lowest BCUT2D eigenvalue weighted by Crippen LogP contribution is -1.96. The van der Waals surface area contributed by atoms with Crippen LogP contribution in [0.3, 0.4) is 0 Å². The molecule has 0 amide bonds. The third-order valence-corrected chi connectivity index (χ3v) is 2.38. The molecule has 1 heterocycles. The predicted octanol–water partition coefficient (Wildman–Crippen LogP) is 2.78. The van der Waals surface area contributed by atoms with Crippen LogP contribution in [0.2, 0.25) is 0 Å². The molecule has 0 unspecified atom stereocenters. The summed E-state index contributed by atoms with van der Waals surface area (Å²) in [6, 6.07) is 6.37. The highest BCUT2D eigenvalue weighted by molar-refractivity contribution is 5.88. The zero-order valence-corrected chi connectivity index (χ0v) is 10.0. The second-order valence-corrected chi connectivity index (χ2v) is 3.87. The predicted molar refractivity (Wildman–Crippen MR) is 66.0 cm³/mol. The lowest BCUT2D eigenvalue weighted by atomic mass is 10.2. The normalized spacial score (nSPS) is 10.3. The van der Waals surface area contributed by atoms with E-state index in [0.29, 0.717) is 11.5 Å². The number of hydrogen-bond acceptors (Lipinski definition) is 3. The average Bonchev–Trinajstić information content (AvgIpc) is 2.77. The highest BCUT2D eigenvalue weighted by Gasteiger charge is 2.05. The minimum atomic E-state index is -0.970. The van der Waals surface area contributed by atoms with Crippen LogP contribution in [-0.2, 0) is 6.54 Å². The van der Waals surface area contributed by atoms with Gasteiger partial charge in [0.05, 0.1) is 18.0 Å². The van der Waals surface area contributed by atoms with Crippen molar-refractivity contribution in [2.75, 3.05) is 0 Å². The number of rotatable bonds is 5. The Hall–Kier alpha value is -2.30. The quantitative estimate of drug-likeness (QED) is 0.881. The van der Waals surface area contributed by atoms with Crippen LogP contribution in [-0.4, -0.2) is 20.9 Å². The van der Waals surface area contributed by atoms with Crippen LogP contribution in [0.25, 0.3) is 0 Å². The molecule has 0 spiro atoms. The summed E-state index contributed by atoms with van der Waals surface area (Å²) in [6.07, 6.45) is 4.40. The van der Waals surface area contributed by atoms with Gasteiger partial charge in [0.2, 0.25) is 0 Å². The summed E-state index contributed by atoms with van der Waals surface area (Å²) in [5.41, 5.74) is 0.202. The van der Waals surface area contributed by atoms with Crippen LogP contribution >= 0.6 is 0 Å². The summed E-state index contributed by atoms with van der Waals surface area (Å²) < 4.78 is 7.34. The molecular weight excluding hydrogens is 232 g/mol. The number of carbonyl (C=O) groups is 1. The molecule has 0 aliphatic rings. The van der Waals surface area contributed by atoms with Gasteiger partial charge in [-0.15, -0.1) is 0 Å². The first kappa shape index (κ1) is 12.2. The van der Waals surface area contributed by atoms with Gasteiger partial charge >= 0.3 is 5.97 Å². The molecule has 5 nitrogen and oxygen atoms in total. The molecule has 1 aromatic heterocycles. The first-order valence-electron chi connectivity index (χ1n) is 5.72. The topological polar surface area (TPSA) is 64.3 Å². The summed E-state index contributed by atoms with van der Waals surface area (Å²) in [7, 11) is 0. The van der Waals surface area contributed by atoms with E-state index in [1.54, 1.807) is 29.2 Å². The first-order valence-corrected chi connectivity index (χ1v) is 5.72. The molecule has 2 aromatic rings. The maximum atomic E-state index is 10.8. The van der Waals surface area contributed by atoms with Gasteiger partial charge in [-0.05, 0) is 24.6 Å². The smallest absolute Gasteiger partial charge is 0.335 e. The lowest BCUT2D eigenvalue weighted by molar-refractivity contribution is 0.0696. The number of nitrogens with zero attached hydrogens (tertiary/aromatic N) is 2. The number of aromatic carboxylic acids is 1. The highest BCUT2D eigenvalue weighted by atomic mass is 16.5. The molecule has 2 rings (SSSR count). The van der Waals surface area contributed by atoms with Gasteiger partial charge in [0.1, 0.15) is 5.75 Å². The lowest BCUT2D eigenvalue weighted by Gasteiger charge is -2.03. The van der Waals surface area contributed by atoms with E-state index in [2.05, 4.69) is 12.0 Å². The fourth-order valence-electron chi connectivity index (χ4n) is 1.58. The van der Waals surface area contributed by atoms with Crippen molar-refractivity contribution in [2.45, 2.75) is 19.9 Å². The van der Waals surface area contributed by atoms with E-state index >= 15 is 0 Å². The van der Waals surface area contributed by atoms with Crippen molar-refractivity contribution in [2.24, 2.45) is 0 Å². The van der Waals surface area contributed by atoms with Gasteiger partial charge in [0.25, 0.3) is 0 Å². The standard InChI is InChI=1S/C13H14N2O3/c1-2-6-15-9-12(8-14-15)18-11-5-3-4-10(7-11)13(16)17/h3-5,7-9H,2,6H2,1H3,(H,16,17). The van der Waals surface area contributed by atoms with Crippen molar-refractivity contribution in [1.29, 1.82) is 0 Å². The van der Waals surface area contributed by atoms with Gasteiger partial charge in [-0.2, -0.15) is 5.10 Å². The molecule has 0 bridgehead atoms.